The van der Waals surface area contributed by atoms with Gasteiger partial charge in [0.2, 0.25) is 5.91 Å². The minimum atomic E-state index is -4.79. The van der Waals surface area contributed by atoms with Gasteiger partial charge in [0.05, 0.1) is 21.4 Å². The van der Waals surface area contributed by atoms with Crippen molar-refractivity contribution in [3.05, 3.63) is 58.1 Å². The van der Waals surface area contributed by atoms with Crippen LogP contribution in [0.4, 0.5) is 13.2 Å². The van der Waals surface area contributed by atoms with Gasteiger partial charge in [0, 0.05) is 49.3 Å². The summed E-state index contributed by atoms with van der Waals surface area (Å²) in [4.78, 5) is 22.4. The second kappa shape index (κ2) is 9.02. The molecule has 37 heavy (non-hydrogen) atoms. The fraction of sp³-hybridized carbons (Fsp3) is 0.500. The molecule has 0 N–H and O–H groups in total. The number of benzene rings is 1. The predicted molar refractivity (Wildman–Crippen MR) is 139 cm³/mol. The van der Waals surface area contributed by atoms with Crippen molar-refractivity contribution in [3.8, 4) is 0 Å². The van der Waals surface area contributed by atoms with Gasteiger partial charge in [-0.15, -0.1) is 23.2 Å². The van der Waals surface area contributed by atoms with Crippen LogP contribution in [-0.2, 0) is 15.0 Å². The maximum atomic E-state index is 14.4. The van der Waals surface area contributed by atoms with Crippen LogP contribution >= 0.6 is 34.8 Å². The number of halogens is 6. The maximum absolute atomic E-state index is 14.4. The van der Waals surface area contributed by atoms with Crippen molar-refractivity contribution in [3.63, 3.8) is 0 Å². The summed E-state index contributed by atoms with van der Waals surface area (Å²) in [7, 11) is 1.68. The topological polar surface area (TPSA) is 54.3 Å². The second-order valence-corrected chi connectivity index (χ2v) is 12.0. The Morgan fingerprint density at radius 2 is 1.89 bits per heavy atom. The van der Waals surface area contributed by atoms with Crippen LogP contribution in [0.15, 0.2) is 57.2 Å². The molecule has 3 atom stereocenters. The van der Waals surface area contributed by atoms with Gasteiger partial charge in [-0.1, -0.05) is 47.1 Å². The van der Waals surface area contributed by atoms with Crippen LogP contribution in [0.25, 0.3) is 0 Å². The Labute approximate surface area is 228 Å². The average molecular weight is 575 g/mol. The molecule has 198 valence electrons. The van der Waals surface area contributed by atoms with Gasteiger partial charge in [0.1, 0.15) is 0 Å². The van der Waals surface area contributed by atoms with Gasteiger partial charge in [-0.25, -0.2) is 0 Å². The van der Waals surface area contributed by atoms with Crippen LogP contribution in [0.1, 0.15) is 37.3 Å². The molecular formula is C26H25Cl3F3N3O2. The van der Waals surface area contributed by atoms with Crippen molar-refractivity contribution in [1.29, 1.82) is 0 Å². The molecule has 1 amide bonds. The smallest absolute Gasteiger partial charge is 0.374 e. The molecule has 1 aromatic carbocycles. The number of hydrogen-bond acceptors (Lipinski definition) is 4. The largest absolute Gasteiger partial charge is 0.435 e. The number of nitrogens with zero attached hydrogens (tertiary/aromatic N) is 3. The highest BCUT2D eigenvalue weighted by Crippen LogP contribution is 2.51. The summed E-state index contributed by atoms with van der Waals surface area (Å²) in [5.41, 5.74) is -1.79. The molecule has 0 aromatic heterocycles. The highest BCUT2D eigenvalue weighted by molar-refractivity contribution is 6.43. The van der Waals surface area contributed by atoms with Crippen molar-refractivity contribution in [2.45, 2.75) is 53.6 Å². The van der Waals surface area contributed by atoms with E-state index in [4.69, 9.17) is 39.6 Å². The molecule has 1 aromatic rings. The molecule has 1 saturated carbocycles. The molecule has 2 aliphatic heterocycles. The Kier molecular flexibility index (Phi) is 6.48. The highest BCUT2D eigenvalue weighted by atomic mass is 35.5. The van der Waals surface area contributed by atoms with E-state index in [0.29, 0.717) is 18.7 Å². The van der Waals surface area contributed by atoms with Crippen LogP contribution in [0.3, 0.4) is 0 Å². The molecule has 2 heterocycles. The van der Waals surface area contributed by atoms with E-state index >= 15 is 0 Å². The van der Waals surface area contributed by atoms with Gasteiger partial charge >= 0.3 is 6.18 Å². The summed E-state index contributed by atoms with van der Waals surface area (Å²) in [6.45, 7) is 2.60. The minimum absolute atomic E-state index is 0.00529. The van der Waals surface area contributed by atoms with Crippen LogP contribution in [0.2, 0.25) is 0 Å². The zero-order valence-electron chi connectivity index (χ0n) is 20.2. The molecule has 2 aliphatic carbocycles. The first-order valence-electron chi connectivity index (χ1n) is 11.9. The summed E-state index contributed by atoms with van der Waals surface area (Å²) in [5.74, 6) is 0.321. The van der Waals surface area contributed by atoms with E-state index in [1.165, 1.54) is 19.1 Å². The third kappa shape index (κ3) is 4.39. The molecule has 0 spiro atoms. The Morgan fingerprint density at radius 3 is 2.43 bits per heavy atom. The third-order valence-corrected chi connectivity index (χ3v) is 9.31. The number of carbonyl (C=O) groups excluding carboxylic acids is 1. The zero-order valence-corrected chi connectivity index (χ0v) is 22.4. The van der Waals surface area contributed by atoms with Gasteiger partial charge in [-0.3, -0.25) is 9.79 Å². The number of oxime groups is 1. The van der Waals surface area contributed by atoms with Gasteiger partial charge in [0.25, 0.3) is 5.60 Å². The quantitative estimate of drug-likeness (QED) is 0.321. The number of allylic oxidation sites excluding steroid dienone is 2. The number of amides is 1. The van der Waals surface area contributed by atoms with E-state index in [2.05, 4.69) is 10.1 Å². The van der Waals surface area contributed by atoms with Gasteiger partial charge in [0.15, 0.2) is 0 Å². The molecule has 2 fully saturated rings. The fourth-order valence-electron chi connectivity index (χ4n) is 5.04. The first-order valence-corrected chi connectivity index (χ1v) is 13.1. The number of aliphatic imine (C=N–C) groups is 1. The molecular weight excluding hydrogens is 550 g/mol. The SMILES string of the molecule is CN=CC1(c2ccc(C3=NOC(C4=CC(Cl)C(C)(Cl)C(Cl)=C4)(C(F)(F)F)C3)cc2)CN(C(=O)C2CC2)C1. The van der Waals surface area contributed by atoms with E-state index in [0.717, 1.165) is 18.4 Å². The number of hydrogen-bond donors (Lipinski definition) is 0. The summed E-state index contributed by atoms with van der Waals surface area (Å²) in [6.07, 6.45) is 0.782. The molecule has 1 saturated heterocycles. The Hall–Kier alpha value is -2.03. The summed E-state index contributed by atoms with van der Waals surface area (Å²) in [6, 6.07) is 7.13. The summed E-state index contributed by atoms with van der Waals surface area (Å²) >= 11 is 18.8. The molecule has 0 radical (unpaired) electrons. The van der Waals surface area contributed by atoms with Gasteiger partial charge in [-0.05, 0) is 37.0 Å². The lowest BCUT2D eigenvalue weighted by Crippen LogP contribution is -2.62. The lowest BCUT2D eigenvalue weighted by Gasteiger charge is -2.48. The van der Waals surface area contributed by atoms with E-state index < -0.39 is 33.9 Å². The van der Waals surface area contributed by atoms with Crippen molar-refractivity contribution in [1.82, 2.24) is 4.90 Å². The monoisotopic (exact) mass is 573 g/mol. The minimum Gasteiger partial charge on any atom is -0.374 e. The highest BCUT2D eigenvalue weighted by Gasteiger charge is 2.64. The van der Waals surface area contributed by atoms with Gasteiger partial charge in [-0.2, -0.15) is 13.2 Å². The van der Waals surface area contributed by atoms with E-state index in [1.54, 1.807) is 19.2 Å². The van der Waals surface area contributed by atoms with E-state index in [9.17, 15) is 18.0 Å². The van der Waals surface area contributed by atoms with Crippen molar-refractivity contribution in [2.24, 2.45) is 16.1 Å². The van der Waals surface area contributed by atoms with Crippen LogP contribution in [0.5, 0.6) is 0 Å². The van der Waals surface area contributed by atoms with Crippen molar-refractivity contribution in [2.75, 3.05) is 20.1 Å². The zero-order chi connectivity index (χ0) is 26.8. The first-order chi connectivity index (χ1) is 17.3. The Bertz CT molecular complexity index is 1230. The van der Waals surface area contributed by atoms with Crippen molar-refractivity contribution >= 4 is 52.6 Å². The van der Waals surface area contributed by atoms with Crippen LogP contribution in [0, 0.1) is 5.92 Å². The van der Waals surface area contributed by atoms with E-state index in [1.807, 2.05) is 23.2 Å². The second-order valence-electron chi connectivity index (χ2n) is 10.3. The average Bonchev–Trinajstić information content (AvgIpc) is 3.56. The third-order valence-electron chi connectivity index (χ3n) is 7.60. The molecule has 5 rings (SSSR count). The fourth-order valence-corrected chi connectivity index (χ4v) is 5.70. The number of rotatable bonds is 5. The van der Waals surface area contributed by atoms with E-state index in [-0.39, 0.29) is 28.1 Å². The van der Waals surface area contributed by atoms with Crippen LogP contribution < -0.4 is 0 Å². The maximum Gasteiger partial charge on any atom is 0.435 e. The Morgan fingerprint density at radius 1 is 1.24 bits per heavy atom. The molecule has 11 heteroatoms. The van der Waals surface area contributed by atoms with Crippen molar-refractivity contribution < 1.29 is 22.8 Å². The normalized spacial score (nSPS) is 31.4. The van der Waals surface area contributed by atoms with Crippen LogP contribution in [-0.4, -0.2) is 64.9 Å². The number of likely N-dealkylation sites (tertiary alicyclic amines) is 1. The lowest BCUT2D eigenvalue weighted by molar-refractivity contribution is -0.252. The lowest BCUT2D eigenvalue weighted by atomic mass is 9.74. The predicted octanol–water partition coefficient (Wildman–Crippen LogP) is 5.97. The molecule has 5 nitrogen and oxygen atoms in total. The standard InChI is InChI=1S/C26H25Cl3F3N3O2/c1-23(29)20(27)9-18(10-21(23)28)25(26(30,31)32)11-19(34-37-25)15-5-7-17(8-6-15)24(12-33-2)13-35(14-24)22(36)16-3-4-16/h5-10,12,16,20H,3-4,11,13-14H2,1-2H3. The molecule has 0 bridgehead atoms. The van der Waals surface area contributed by atoms with Gasteiger partial charge < -0.3 is 9.74 Å². The first kappa shape index (κ1) is 26.6. The number of carbonyl (C=O) groups is 1. The molecule has 3 unspecified atom stereocenters. The number of alkyl halides is 5. The Balaban J connectivity index is 1.38. The summed E-state index contributed by atoms with van der Waals surface area (Å²) < 4.78 is 43.3. The molecule has 4 aliphatic rings. The summed E-state index contributed by atoms with van der Waals surface area (Å²) in [5, 5.41) is 2.86.